The largest absolute Gasteiger partial charge is 0.375 e. The van der Waals surface area contributed by atoms with Gasteiger partial charge in [-0.05, 0) is 36.3 Å². The van der Waals surface area contributed by atoms with Crippen molar-refractivity contribution in [3.8, 4) is 0 Å². The molecule has 2 fully saturated rings. The third-order valence-corrected chi connectivity index (χ3v) is 5.51. The number of carbonyl (C=O) groups excluding carboxylic acids is 1. The van der Waals surface area contributed by atoms with Gasteiger partial charge in [0.15, 0.2) is 0 Å². The van der Waals surface area contributed by atoms with Crippen molar-refractivity contribution < 1.29 is 9.53 Å². The lowest BCUT2D eigenvalue weighted by atomic mass is 9.91. The van der Waals surface area contributed by atoms with Gasteiger partial charge in [-0.1, -0.05) is 38.1 Å². The van der Waals surface area contributed by atoms with Crippen LogP contribution in [-0.2, 0) is 22.6 Å². The van der Waals surface area contributed by atoms with Crippen LogP contribution in [0.15, 0.2) is 24.3 Å². The van der Waals surface area contributed by atoms with Crippen molar-refractivity contribution in [3.63, 3.8) is 0 Å². The predicted octanol–water partition coefficient (Wildman–Crippen LogP) is 2.16. The molecule has 2 aliphatic rings. The summed E-state index contributed by atoms with van der Waals surface area (Å²) in [6.07, 6.45) is 1.23. The van der Waals surface area contributed by atoms with Gasteiger partial charge in [-0.3, -0.25) is 9.69 Å². The lowest BCUT2D eigenvalue weighted by Gasteiger charge is -2.35. The van der Waals surface area contributed by atoms with E-state index in [4.69, 9.17) is 4.74 Å². The number of nitrogens with one attached hydrogen (secondary N) is 2. The maximum absolute atomic E-state index is 12.5. The zero-order valence-electron chi connectivity index (χ0n) is 16.3. The summed E-state index contributed by atoms with van der Waals surface area (Å²) in [6.45, 7) is 11.9. The van der Waals surface area contributed by atoms with Gasteiger partial charge in [0.05, 0.1) is 12.7 Å². The molecule has 5 nitrogen and oxygen atoms in total. The zero-order chi connectivity index (χ0) is 18.5. The Morgan fingerprint density at radius 2 is 1.88 bits per heavy atom. The van der Waals surface area contributed by atoms with Gasteiger partial charge in [-0.2, -0.15) is 0 Å². The highest BCUT2D eigenvalue weighted by molar-refractivity contribution is 5.82. The molecular weight excluding hydrogens is 326 g/mol. The van der Waals surface area contributed by atoms with Crippen LogP contribution in [0.5, 0.6) is 0 Å². The van der Waals surface area contributed by atoms with Crippen LogP contribution >= 0.6 is 0 Å². The third kappa shape index (κ3) is 5.06. The standard InChI is InChI=1S/C21H33N3O2/c1-15-10-16(2)13-24(12-15)14-19-7-5-4-6-18(19)11-23-21(25)20-17(3)26-9-8-22-20/h4-7,15-17,20,22H,8-14H2,1-3H3,(H,23,25)/t15?,16?,17-,20+/m1/s1. The molecule has 26 heavy (non-hydrogen) atoms. The van der Waals surface area contributed by atoms with E-state index in [1.54, 1.807) is 0 Å². The molecule has 0 spiro atoms. The van der Waals surface area contributed by atoms with Crippen LogP contribution in [-0.4, -0.2) is 49.2 Å². The second-order valence-electron chi connectivity index (χ2n) is 8.13. The molecule has 144 valence electrons. The number of hydrogen-bond donors (Lipinski definition) is 2. The fourth-order valence-electron chi connectivity index (χ4n) is 4.37. The fraction of sp³-hybridized carbons (Fsp3) is 0.667. The summed E-state index contributed by atoms with van der Waals surface area (Å²) in [5, 5.41) is 6.34. The molecule has 0 bridgehead atoms. The minimum absolute atomic E-state index is 0.0206. The van der Waals surface area contributed by atoms with Gasteiger partial charge in [-0.15, -0.1) is 0 Å². The van der Waals surface area contributed by atoms with Crippen LogP contribution in [0.3, 0.4) is 0 Å². The average Bonchev–Trinajstić information content (AvgIpc) is 2.60. The first kappa shape index (κ1) is 19.3. The van der Waals surface area contributed by atoms with Crippen LogP contribution in [0, 0.1) is 11.8 Å². The number of rotatable bonds is 5. The molecule has 1 amide bonds. The molecule has 0 aliphatic carbocycles. The molecule has 3 rings (SSSR count). The third-order valence-electron chi connectivity index (χ3n) is 5.51. The summed E-state index contributed by atoms with van der Waals surface area (Å²) in [5.41, 5.74) is 2.52. The number of nitrogens with zero attached hydrogens (tertiary/aromatic N) is 1. The highest BCUT2D eigenvalue weighted by Gasteiger charge is 2.28. The van der Waals surface area contributed by atoms with Gasteiger partial charge in [0.2, 0.25) is 5.91 Å². The number of ether oxygens (including phenoxy) is 1. The predicted molar refractivity (Wildman–Crippen MR) is 104 cm³/mol. The van der Waals surface area contributed by atoms with Gasteiger partial charge >= 0.3 is 0 Å². The first-order valence-corrected chi connectivity index (χ1v) is 9.94. The summed E-state index contributed by atoms with van der Waals surface area (Å²) in [4.78, 5) is 15.1. The summed E-state index contributed by atoms with van der Waals surface area (Å²) < 4.78 is 5.58. The molecular formula is C21H33N3O2. The first-order valence-electron chi connectivity index (χ1n) is 9.94. The number of benzene rings is 1. The van der Waals surface area contributed by atoms with Crippen LogP contribution in [0.1, 0.15) is 38.3 Å². The van der Waals surface area contributed by atoms with Gasteiger partial charge in [0.25, 0.3) is 0 Å². The van der Waals surface area contributed by atoms with Crippen molar-refractivity contribution in [1.82, 2.24) is 15.5 Å². The SMILES string of the molecule is CC1CC(C)CN(Cc2ccccc2CNC(=O)[C@H]2NCCO[C@@H]2C)C1. The molecule has 2 N–H and O–H groups in total. The van der Waals surface area contributed by atoms with Crippen molar-refractivity contribution in [1.29, 1.82) is 0 Å². The van der Waals surface area contributed by atoms with Crippen molar-refractivity contribution in [2.75, 3.05) is 26.2 Å². The Hall–Kier alpha value is -1.43. The maximum Gasteiger partial charge on any atom is 0.240 e. The first-order chi connectivity index (χ1) is 12.5. The van der Waals surface area contributed by atoms with Crippen LogP contribution < -0.4 is 10.6 Å². The quantitative estimate of drug-likeness (QED) is 0.846. The van der Waals surface area contributed by atoms with Gasteiger partial charge in [0.1, 0.15) is 6.04 Å². The van der Waals surface area contributed by atoms with Crippen molar-refractivity contribution >= 4 is 5.91 Å². The van der Waals surface area contributed by atoms with Crippen LogP contribution in [0.2, 0.25) is 0 Å². The maximum atomic E-state index is 12.5. The Balaban J connectivity index is 1.59. The number of amides is 1. The van der Waals surface area contributed by atoms with E-state index in [2.05, 4.69) is 53.6 Å². The zero-order valence-corrected chi connectivity index (χ0v) is 16.3. The van der Waals surface area contributed by atoms with E-state index in [1.807, 2.05) is 6.92 Å². The Morgan fingerprint density at radius 1 is 1.19 bits per heavy atom. The topological polar surface area (TPSA) is 53.6 Å². The minimum Gasteiger partial charge on any atom is -0.375 e. The molecule has 2 unspecified atom stereocenters. The second-order valence-corrected chi connectivity index (χ2v) is 8.13. The lowest BCUT2D eigenvalue weighted by Crippen LogP contribution is -2.55. The van der Waals surface area contributed by atoms with Crippen molar-refractivity contribution in [2.45, 2.75) is 52.4 Å². The van der Waals surface area contributed by atoms with Crippen molar-refractivity contribution in [3.05, 3.63) is 35.4 Å². The van der Waals surface area contributed by atoms with Gasteiger partial charge < -0.3 is 15.4 Å². The molecule has 2 heterocycles. The Labute approximate surface area is 157 Å². The van der Waals surface area contributed by atoms with E-state index in [1.165, 1.54) is 17.5 Å². The fourth-order valence-corrected chi connectivity index (χ4v) is 4.37. The van der Waals surface area contributed by atoms with E-state index in [0.29, 0.717) is 13.2 Å². The smallest absolute Gasteiger partial charge is 0.240 e. The molecule has 0 radical (unpaired) electrons. The van der Waals surface area contributed by atoms with Crippen LogP contribution in [0.25, 0.3) is 0 Å². The average molecular weight is 360 g/mol. The summed E-state index contributed by atoms with van der Waals surface area (Å²) in [5.74, 6) is 1.53. The highest BCUT2D eigenvalue weighted by atomic mass is 16.5. The van der Waals surface area contributed by atoms with E-state index in [0.717, 1.165) is 38.0 Å². The molecule has 1 aromatic rings. The van der Waals surface area contributed by atoms with E-state index < -0.39 is 0 Å². The number of morpholine rings is 1. The van der Waals surface area contributed by atoms with Gasteiger partial charge in [0, 0.05) is 32.7 Å². The van der Waals surface area contributed by atoms with Gasteiger partial charge in [-0.25, -0.2) is 0 Å². The number of hydrogen-bond acceptors (Lipinski definition) is 4. The van der Waals surface area contributed by atoms with E-state index >= 15 is 0 Å². The summed E-state index contributed by atoms with van der Waals surface area (Å²) in [7, 11) is 0. The minimum atomic E-state index is -0.264. The second kappa shape index (κ2) is 8.98. The normalized spacial score (nSPS) is 30.1. The summed E-state index contributed by atoms with van der Waals surface area (Å²) >= 11 is 0. The highest BCUT2D eigenvalue weighted by Crippen LogP contribution is 2.23. The molecule has 0 saturated carbocycles. The lowest BCUT2D eigenvalue weighted by molar-refractivity contribution is -0.129. The van der Waals surface area contributed by atoms with Crippen LogP contribution in [0.4, 0.5) is 0 Å². The Kier molecular flexibility index (Phi) is 6.68. The monoisotopic (exact) mass is 359 g/mol. The van der Waals surface area contributed by atoms with Crippen molar-refractivity contribution in [2.24, 2.45) is 11.8 Å². The molecule has 1 aromatic carbocycles. The number of carbonyl (C=O) groups is 1. The van der Waals surface area contributed by atoms with E-state index in [9.17, 15) is 4.79 Å². The molecule has 2 saturated heterocycles. The molecule has 5 heteroatoms. The number of likely N-dealkylation sites (tertiary alicyclic amines) is 1. The number of piperidine rings is 1. The van der Waals surface area contributed by atoms with E-state index in [-0.39, 0.29) is 18.1 Å². The summed E-state index contributed by atoms with van der Waals surface area (Å²) in [6, 6.07) is 8.20. The molecule has 4 atom stereocenters. The Bertz CT molecular complexity index is 597. The molecule has 0 aromatic heterocycles. The Morgan fingerprint density at radius 3 is 2.58 bits per heavy atom. The molecule has 2 aliphatic heterocycles.